The first-order valence-corrected chi connectivity index (χ1v) is 10.0. The van der Waals surface area contributed by atoms with E-state index in [2.05, 4.69) is 48.5 Å². The van der Waals surface area contributed by atoms with E-state index in [4.69, 9.17) is 5.10 Å². The van der Waals surface area contributed by atoms with Crippen LogP contribution >= 0.6 is 11.8 Å². The molecule has 1 aliphatic heterocycles. The molecular formula is C19H27N5OS. The maximum absolute atomic E-state index is 12.2. The van der Waals surface area contributed by atoms with E-state index in [9.17, 15) is 4.79 Å². The van der Waals surface area contributed by atoms with Crippen molar-refractivity contribution in [2.75, 3.05) is 33.9 Å². The number of carbonyl (C=O) groups is 1. The van der Waals surface area contributed by atoms with Crippen LogP contribution < -0.4 is 0 Å². The first-order valence-electron chi connectivity index (χ1n) is 8.79. The van der Waals surface area contributed by atoms with Gasteiger partial charge in [-0.1, -0.05) is 12.1 Å². The molecule has 3 rings (SSSR count). The van der Waals surface area contributed by atoms with E-state index in [-0.39, 0.29) is 6.03 Å². The zero-order valence-corrected chi connectivity index (χ0v) is 16.8. The van der Waals surface area contributed by atoms with Crippen molar-refractivity contribution >= 4 is 17.8 Å². The minimum Gasteiger partial charge on any atom is -0.331 e. The predicted molar refractivity (Wildman–Crippen MR) is 105 cm³/mol. The lowest BCUT2D eigenvalue weighted by Crippen LogP contribution is -2.43. The topological polar surface area (TPSA) is 44.6 Å². The summed E-state index contributed by atoms with van der Waals surface area (Å²) in [5.74, 6) is 0. The van der Waals surface area contributed by atoms with Crippen LogP contribution in [-0.2, 0) is 26.2 Å². The number of benzene rings is 1. The maximum atomic E-state index is 12.2. The zero-order chi connectivity index (χ0) is 18.7. The van der Waals surface area contributed by atoms with Crippen LogP contribution in [0, 0.1) is 0 Å². The molecule has 0 radical (unpaired) electrons. The SMILES string of the molecule is CSc1cccc(CN(C)Cc2cc3n(n2)CCN(C(=O)N(C)C)C3)c1. The van der Waals surface area contributed by atoms with Crippen LogP contribution in [0.15, 0.2) is 35.2 Å². The number of amides is 2. The van der Waals surface area contributed by atoms with Crippen LogP contribution in [-0.4, -0.2) is 64.5 Å². The van der Waals surface area contributed by atoms with Gasteiger partial charge in [-0.25, -0.2) is 4.79 Å². The molecule has 0 fully saturated rings. The Kier molecular flexibility index (Phi) is 5.88. The molecule has 2 aromatic rings. The number of hydrogen-bond donors (Lipinski definition) is 0. The molecule has 6 nitrogen and oxygen atoms in total. The standard InChI is InChI=1S/C19H27N5OS/c1-21(2)19(25)23-8-9-24-17(14-23)11-16(20-24)13-22(3)12-15-6-5-7-18(10-15)26-4/h5-7,10-11H,8-9,12-14H2,1-4H3. The summed E-state index contributed by atoms with van der Waals surface area (Å²) in [7, 11) is 5.70. The van der Waals surface area contributed by atoms with Crippen LogP contribution in [0.2, 0.25) is 0 Å². The lowest BCUT2D eigenvalue weighted by molar-refractivity contribution is 0.155. The van der Waals surface area contributed by atoms with Gasteiger partial charge in [0, 0.05) is 38.6 Å². The summed E-state index contributed by atoms with van der Waals surface area (Å²) in [5, 5.41) is 4.72. The minimum absolute atomic E-state index is 0.0600. The average molecular weight is 374 g/mol. The second-order valence-corrected chi connectivity index (χ2v) is 7.85. The van der Waals surface area contributed by atoms with Gasteiger partial charge in [-0.3, -0.25) is 9.58 Å². The van der Waals surface area contributed by atoms with E-state index >= 15 is 0 Å². The molecule has 7 heteroatoms. The van der Waals surface area contributed by atoms with Crippen molar-refractivity contribution in [2.24, 2.45) is 0 Å². The Morgan fingerprint density at radius 2 is 2.00 bits per heavy atom. The van der Waals surface area contributed by atoms with Crippen molar-refractivity contribution < 1.29 is 4.79 Å². The highest BCUT2D eigenvalue weighted by Gasteiger charge is 2.23. The molecule has 1 aromatic carbocycles. The van der Waals surface area contributed by atoms with Crippen molar-refractivity contribution in [3.8, 4) is 0 Å². The smallest absolute Gasteiger partial charge is 0.319 e. The average Bonchev–Trinajstić information content (AvgIpc) is 3.02. The number of urea groups is 1. The van der Waals surface area contributed by atoms with Gasteiger partial charge in [0.05, 0.1) is 24.5 Å². The number of carbonyl (C=O) groups excluding carboxylic acids is 1. The number of rotatable bonds is 5. The lowest BCUT2D eigenvalue weighted by atomic mass is 10.2. The Bertz CT molecular complexity index is 773. The molecule has 0 unspecified atom stereocenters. The largest absolute Gasteiger partial charge is 0.331 e. The summed E-state index contributed by atoms with van der Waals surface area (Å²) in [6, 6.07) is 10.8. The van der Waals surface area contributed by atoms with Crippen molar-refractivity contribution in [3.05, 3.63) is 47.3 Å². The predicted octanol–water partition coefficient (Wildman–Crippen LogP) is 2.73. The second-order valence-electron chi connectivity index (χ2n) is 6.97. The normalized spacial score (nSPS) is 13.8. The molecule has 0 aliphatic carbocycles. The molecule has 0 bridgehead atoms. The van der Waals surface area contributed by atoms with E-state index < -0.39 is 0 Å². The van der Waals surface area contributed by atoms with Gasteiger partial charge in [0.2, 0.25) is 0 Å². The van der Waals surface area contributed by atoms with E-state index in [0.717, 1.165) is 31.0 Å². The summed E-state index contributed by atoms with van der Waals surface area (Å²) in [4.78, 5) is 19.2. The fourth-order valence-electron chi connectivity index (χ4n) is 3.26. The van der Waals surface area contributed by atoms with E-state index in [1.54, 1.807) is 30.8 Å². The Morgan fingerprint density at radius 1 is 1.19 bits per heavy atom. The molecule has 0 spiro atoms. The fraction of sp³-hybridized carbons (Fsp3) is 0.474. The third-order valence-electron chi connectivity index (χ3n) is 4.52. The molecule has 26 heavy (non-hydrogen) atoms. The Morgan fingerprint density at radius 3 is 2.73 bits per heavy atom. The summed E-state index contributed by atoms with van der Waals surface area (Å²) in [6.45, 7) is 3.79. The first-order chi connectivity index (χ1) is 12.5. The van der Waals surface area contributed by atoms with Crippen molar-refractivity contribution in [2.45, 2.75) is 31.1 Å². The van der Waals surface area contributed by atoms with Crippen molar-refractivity contribution in [1.29, 1.82) is 0 Å². The molecule has 1 aromatic heterocycles. The number of aromatic nitrogens is 2. The number of hydrogen-bond acceptors (Lipinski definition) is 4. The monoisotopic (exact) mass is 373 g/mol. The molecule has 2 heterocycles. The fourth-order valence-corrected chi connectivity index (χ4v) is 3.75. The van der Waals surface area contributed by atoms with E-state index in [1.165, 1.54) is 10.5 Å². The van der Waals surface area contributed by atoms with Crippen LogP contribution in [0.5, 0.6) is 0 Å². The van der Waals surface area contributed by atoms with Gasteiger partial charge in [0.15, 0.2) is 0 Å². The molecule has 0 atom stereocenters. The maximum Gasteiger partial charge on any atom is 0.319 e. The summed E-state index contributed by atoms with van der Waals surface area (Å²) in [5.41, 5.74) is 3.48. The molecule has 1 aliphatic rings. The van der Waals surface area contributed by atoms with Gasteiger partial charge < -0.3 is 9.80 Å². The van der Waals surface area contributed by atoms with Crippen LogP contribution in [0.25, 0.3) is 0 Å². The second kappa shape index (κ2) is 8.14. The summed E-state index contributed by atoms with van der Waals surface area (Å²) in [6.07, 6.45) is 2.10. The highest BCUT2D eigenvalue weighted by molar-refractivity contribution is 7.98. The molecular weight excluding hydrogens is 346 g/mol. The zero-order valence-electron chi connectivity index (χ0n) is 16.0. The third kappa shape index (κ3) is 4.40. The van der Waals surface area contributed by atoms with Gasteiger partial charge in [0.1, 0.15) is 0 Å². The van der Waals surface area contributed by atoms with Gasteiger partial charge in [0.25, 0.3) is 0 Å². The highest BCUT2D eigenvalue weighted by atomic mass is 32.2. The van der Waals surface area contributed by atoms with E-state index in [1.807, 2.05) is 9.58 Å². The minimum atomic E-state index is 0.0600. The van der Waals surface area contributed by atoms with Gasteiger partial charge >= 0.3 is 6.03 Å². The van der Waals surface area contributed by atoms with Gasteiger partial charge in [-0.15, -0.1) is 11.8 Å². The summed E-state index contributed by atoms with van der Waals surface area (Å²) < 4.78 is 2.04. The number of fused-ring (bicyclic) bond motifs is 1. The van der Waals surface area contributed by atoms with E-state index in [0.29, 0.717) is 13.1 Å². The number of nitrogens with zero attached hydrogens (tertiary/aromatic N) is 5. The van der Waals surface area contributed by atoms with Gasteiger partial charge in [-0.05, 0) is 37.1 Å². The van der Waals surface area contributed by atoms with Crippen molar-refractivity contribution in [1.82, 2.24) is 24.5 Å². The van der Waals surface area contributed by atoms with Crippen molar-refractivity contribution in [3.63, 3.8) is 0 Å². The Hall–Kier alpha value is -1.99. The van der Waals surface area contributed by atoms with Crippen LogP contribution in [0.4, 0.5) is 4.79 Å². The molecule has 140 valence electrons. The number of thioether (sulfide) groups is 1. The highest BCUT2D eigenvalue weighted by Crippen LogP contribution is 2.18. The van der Waals surface area contributed by atoms with Crippen LogP contribution in [0.3, 0.4) is 0 Å². The Balaban J connectivity index is 1.62. The quantitative estimate of drug-likeness (QED) is 0.756. The molecule has 0 saturated heterocycles. The molecule has 2 amide bonds. The van der Waals surface area contributed by atoms with Crippen LogP contribution in [0.1, 0.15) is 17.0 Å². The Labute approximate surface area is 159 Å². The molecule has 0 N–H and O–H groups in total. The lowest BCUT2D eigenvalue weighted by Gasteiger charge is -2.29. The first kappa shape index (κ1) is 18.8. The summed E-state index contributed by atoms with van der Waals surface area (Å²) >= 11 is 1.77. The third-order valence-corrected chi connectivity index (χ3v) is 5.25. The van der Waals surface area contributed by atoms with Gasteiger partial charge in [-0.2, -0.15) is 5.10 Å². The molecule has 0 saturated carbocycles.